The largest absolute Gasteiger partial charge is 0.351 e. The number of anilines is 1. The van der Waals surface area contributed by atoms with Crippen molar-refractivity contribution < 1.29 is 0 Å². The fourth-order valence-electron chi connectivity index (χ4n) is 4.83. The summed E-state index contributed by atoms with van der Waals surface area (Å²) in [5.41, 5.74) is 4.70. The Balaban J connectivity index is 1.55. The Labute approximate surface area is 204 Å². The highest BCUT2D eigenvalue weighted by Gasteiger charge is 2.18. The Morgan fingerprint density at radius 3 is 2.62 bits per heavy atom. The minimum atomic E-state index is -0.107. The number of aryl methyl sites for hydroxylation is 2. The van der Waals surface area contributed by atoms with E-state index in [0.29, 0.717) is 40.3 Å². The van der Waals surface area contributed by atoms with E-state index in [1.165, 1.54) is 19.3 Å². The van der Waals surface area contributed by atoms with Crippen LogP contribution in [0.3, 0.4) is 0 Å². The summed E-state index contributed by atoms with van der Waals surface area (Å²) in [6.07, 6.45) is 9.59. The summed E-state index contributed by atoms with van der Waals surface area (Å²) in [6.45, 7) is 4.43. The van der Waals surface area contributed by atoms with E-state index in [1.807, 2.05) is 50.2 Å². The van der Waals surface area contributed by atoms with E-state index in [9.17, 15) is 4.79 Å². The summed E-state index contributed by atoms with van der Waals surface area (Å²) in [5.74, 6) is 0.586. The fourth-order valence-corrected chi connectivity index (χ4v) is 5.12. The lowest BCUT2D eigenvalue weighted by Crippen LogP contribution is -2.25. The molecule has 0 bridgehead atoms. The molecule has 5 rings (SSSR count). The lowest BCUT2D eigenvalue weighted by Gasteiger charge is -2.23. The van der Waals surface area contributed by atoms with Gasteiger partial charge in [0.15, 0.2) is 0 Å². The van der Waals surface area contributed by atoms with Crippen molar-refractivity contribution in [3.05, 3.63) is 69.9 Å². The number of pyridine rings is 2. The summed E-state index contributed by atoms with van der Waals surface area (Å²) in [6, 6.07) is 12.0. The molecule has 1 aliphatic carbocycles. The molecule has 1 aromatic carbocycles. The number of rotatable bonds is 5. The predicted octanol–water partition coefficient (Wildman–Crippen LogP) is 6.25. The molecule has 0 radical (unpaired) electrons. The highest BCUT2D eigenvalue weighted by atomic mass is 35.5. The standard InChI is InChI=1S/C27H28ClN5O/c1-3-33-25-19(16-30-27(32-25)31-20-8-5-4-6-9-20)14-23(26(33)34)22-12-11-18(15-24(22)28)21-10-7-13-29-17(21)2/h7,10-16,20H,3-6,8-9H2,1-2H3,(H,30,31,32). The molecule has 3 heterocycles. The Kier molecular flexibility index (Phi) is 6.33. The first-order valence-corrected chi connectivity index (χ1v) is 12.3. The van der Waals surface area contributed by atoms with Gasteiger partial charge in [0.1, 0.15) is 5.65 Å². The van der Waals surface area contributed by atoms with Gasteiger partial charge in [0.2, 0.25) is 5.95 Å². The first-order valence-electron chi connectivity index (χ1n) is 11.9. The molecule has 7 heteroatoms. The molecular formula is C27H28ClN5O. The van der Waals surface area contributed by atoms with Crippen LogP contribution in [0.5, 0.6) is 0 Å². The van der Waals surface area contributed by atoms with Gasteiger partial charge in [-0.1, -0.05) is 49.1 Å². The predicted molar refractivity (Wildman–Crippen MR) is 138 cm³/mol. The number of fused-ring (bicyclic) bond motifs is 1. The maximum absolute atomic E-state index is 13.5. The second-order valence-corrected chi connectivity index (χ2v) is 9.30. The molecule has 6 nitrogen and oxygen atoms in total. The van der Waals surface area contributed by atoms with E-state index in [-0.39, 0.29) is 5.56 Å². The number of nitrogens with zero attached hydrogens (tertiary/aromatic N) is 4. The van der Waals surface area contributed by atoms with Gasteiger partial charge in [0.05, 0.1) is 0 Å². The van der Waals surface area contributed by atoms with E-state index >= 15 is 0 Å². The second-order valence-electron chi connectivity index (χ2n) is 8.89. The molecule has 1 N–H and O–H groups in total. The van der Waals surface area contributed by atoms with Gasteiger partial charge >= 0.3 is 0 Å². The number of hydrogen-bond donors (Lipinski definition) is 1. The van der Waals surface area contributed by atoms with Gasteiger partial charge in [-0.05, 0) is 50.5 Å². The molecule has 0 amide bonds. The lowest BCUT2D eigenvalue weighted by atomic mass is 9.96. The number of halogens is 1. The lowest BCUT2D eigenvalue weighted by molar-refractivity contribution is 0.461. The van der Waals surface area contributed by atoms with Crippen LogP contribution in [0.1, 0.15) is 44.7 Å². The zero-order chi connectivity index (χ0) is 23.7. The van der Waals surface area contributed by atoms with E-state index in [1.54, 1.807) is 17.0 Å². The number of aromatic nitrogens is 4. The number of benzene rings is 1. The second kappa shape index (κ2) is 9.55. The number of nitrogens with one attached hydrogen (secondary N) is 1. The van der Waals surface area contributed by atoms with Gasteiger partial charge in [-0.2, -0.15) is 4.98 Å². The van der Waals surface area contributed by atoms with Gasteiger partial charge in [-0.25, -0.2) is 4.98 Å². The maximum atomic E-state index is 13.5. The minimum Gasteiger partial charge on any atom is -0.351 e. The highest BCUT2D eigenvalue weighted by Crippen LogP contribution is 2.33. The van der Waals surface area contributed by atoms with Crippen molar-refractivity contribution in [3.8, 4) is 22.3 Å². The smallest absolute Gasteiger partial charge is 0.260 e. The third kappa shape index (κ3) is 4.30. The Bertz CT molecular complexity index is 1410. The van der Waals surface area contributed by atoms with Gasteiger partial charge in [0, 0.05) is 57.8 Å². The Hall–Kier alpha value is -3.25. The molecule has 34 heavy (non-hydrogen) atoms. The summed E-state index contributed by atoms with van der Waals surface area (Å²) in [5, 5.41) is 4.80. The normalized spacial score (nSPS) is 14.4. The van der Waals surface area contributed by atoms with Crippen LogP contribution < -0.4 is 10.9 Å². The quantitative estimate of drug-likeness (QED) is 0.371. The molecule has 3 aromatic heterocycles. The fraction of sp³-hybridized carbons (Fsp3) is 0.333. The van der Waals surface area contributed by atoms with Crippen LogP contribution in [0.2, 0.25) is 5.02 Å². The average Bonchev–Trinajstić information content (AvgIpc) is 2.85. The van der Waals surface area contributed by atoms with Crippen molar-refractivity contribution in [2.45, 2.75) is 58.5 Å². The molecule has 0 unspecified atom stereocenters. The van der Waals surface area contributed by atoms with Crippen molar-refractivity contribution in [1.82, 2.24) is 19.5 Å². The van der Waals surface area contributed by atoms with Crippen LogP contribution in [-0.2, 0) is 6.54 Å². The molecule has 0 saturated heterocycles. The third-order valence-electron chi connectivity index (χ3n) is 6.66. The first kappa shape index (κ1) is 22.5. The first-order chi connectivity index (χ1) is 16.5. The zero-order valence-electron chi connectivity index (χ0n) is 19.5. The van der Waals surface area contributed by atoms with E-state index in [4.69, 9.17) is 16.6 Å². The van der Waals surface area contributed by atoms with Crippen LogP contribution in [0, 0.1) is 6.92 Å². The van der Waals surface area contributed by atoms with Crippen molar-refractivity contribution >= 4 is 28.6 Å². The van der Waals surface area contributed by atoms with Gasteiger partial charge in [-0.3, -0.25) is 14.3 Å². The summed E-state index contributed by atoms with van der Waals surface area (Å²) in [7, 11) is 0. The topological polar surface area (TPSA) is 72.7 Å². The van der Waals surface area contributed by atoms with Crippen molar-refractivity contribution in [2.75, 3.05) is 5.32 Å². The summed E-state index contributed by atoms with van der Waals surface area (Å²) >= 11 is 6.71. The monoisotopic (exact) mass is 473 g/mol. The Morgan fingerprint density at radius 1 is 1.06 bits per heavy atom. The highest BCUT2D eigenvalue weighted by molar-refractivity contribution is 6.33. The van der Waals surface area contributed by atoms with Gasteiger partial charge in [0.25, 0.3) is 5.56 Å². The number of hydrogen-bond acceptors (Lipinski definition) is 5. The molecule has 4 aromatic rings. The van der Waals surface area contributed by atoms with Crippen LogP contribution in [0.25, 0.3) is 33.3 Å². The molecule has 0 spiro atoms. The van der Waals surface area contributed by atoms with Crippen LogP contribution in [-0.4, -0.2) is 25.6 Å². The van der Waals surface area contributed by atoms with Crippen molar-refractivity contribution in [1.29, 1.82) is 0 Å². The van der Waals surface area contributed by atoms with Crippen LogP contribution in [0.15, 0.2) is 53.6 Å². The molecule has 0 atom stereocenters. The molecule has 1 fully saturated rings. The van der Waals surface area contributed by atoms with E-state index in [2.05, 4.69) is 15.3 Å². The van der Waals surface area contributed by atoms with Crippen molar-refractivity contribution in [3.63, 3.8) is 0 Å². The van der Waals surface area contributed by atoms with Crippen LogP contribution in [0.4, 0.5) is 5.95 Å². The third-order valence-corrected chi connectivity index (χ3v) is 6.97. The molecule has 1 aliphatic rings. The summed E-state index contributed by atoms with van der Waals surface area (Å²) in [4.78, 5) is 27.1. The van der Waals surface area contributed by atoms with Crippen molar-refractivity contribution in [2.24, 2.45) is 0 Å². The zero-order valence-corrected chi connectivity index (χ0v) is 20.3. The Morgan fingerprint density at radius 2 is 1.88 bits per heavy atom. The van der Waals surface area contributed by atoms with Gasteiger partial charge in [-0.15, -0.1) is 0 Å². The SMILES string of the molecule is CCn1c(=O)c(-c2ccc(-c3cccnc3C)cc2Cl)cc2cnc(NC3CCCCC3)nc21. The van der Waals surface area contributed by atoms with Gasteiger partial charge < -0.3 is 5.32 Å². The van der Waals surface area contributed by atoms with E-state index in [0.717, 1.165) is 35.0 Å². The summed E-state index contributed by atoms with van der Waals surface area (Å²) < 4.78 is 1.70. The minimum absolute atomic E-state index is 0.107. The van der Waals surface area contributed by atoms with E-state index < -0.39 is 0 Å². The van der Waals surface area contributed by atoms with Crippen LogP contribution >= 0.6 is 11.6 Å². The molecule has 1 saturated carbocycles. The molecular weight excluding hydrogens is 446 g/mol. The molecule has 0 aliphatic heterocycles. The average molecular weight is 474 g/mol. The maximum Gasteiger partial charge on any atom is 0.260 e. The molecule has 174 valence electrons.